The van der Waals surface area contributed by atoms with Crippen molar-refractivity contribution in [3.63, 3.8) is 0 Å². The molecule has 0 saturated heterocycles. The van der Waals surface area contributed by atoms with Crippen LogP contribution in [0.1, 0.15) is 38.0 Å². The minimum Gasteiger partial charge on any atom is -0.496 e. The molecule has 4 rings (SSSR count). The Hall–Kier alpha value is -3.80. The van der Waals surface area contributed by atoms with Gasteiger partial charge >= 0.3 is 0 Å². The molecule has 1 aromatic heterocycles. The van der Waals surface area contributed by atoms with Crippen molar-refractivity contribution >= 4 is 22.3 Å². The van der Waals surface area contributed by atoms with Gasteiger partial charge in [-0.05, 0) is 25.5 Å². The third-order valence-corrected chi connectivity index (χ3v) is 5.83. The number of hydrogen-bond acceptors (Lipinski definition) is 5. The van der Waals surface area contributed by atoms with Gasteiger partial charge in [0.05, 0.1) is 23.9 Å². The highest BCUT2D eigenvalue weighted by molar-refractivity contribution is 6.03. The summed E-state index contributed by atoms with van der Waals surface area (Å²) in [6.45, 7) is 8.28. The quantitative estimate of drug-likeness (QED) is 0.347. The molecule has 1 aliphatic rings. The second-order valence-corrected chi connectivity index (χ2v) is 8.23. The molecule has 0 fully saturated rings. The van der Waals surface area contributed by atoms with Gasteiger partial charge in [0.1, 0.15) is 35.3 Å². The van der Waals surface area contributed by atoms with E-state index in [1.165, 1.54) is 6.07 Å². The Labute approximate surface area is 199 Å². The lowest BCUT2D eigenvalue weighted by atomic mass is 10.1. The molecule has 34 heavy (non-hydrogen) atoms. The second-order valence-electron chi connectivity index (χ2n) is 8.23. The zero-order chi connectivity index (χ0) is 24.2. The number of hydrogen-bond donors (Lipinski definition) is 0. The minimum absolute atomic E-state index is 0.260. The molecule has 176 valence electrons. The maximum absolute atomic E-state index is 14.1. The monoisotopic (exact) mass is 460 g/mol. The fourth-order valence-electron chi connectivity index (χ4n) is 3.74. The van der Waals surface area contributed by atoms with Crippen LogP contribution in [0.2, 0.25) is 0 Å². The molecule has 0 atom stereocenters. The molecule has 0 spiro atoms. The number of nitrogens with zero attached hydrogens (tertiary/aromatic N) is 2. The van der Waals surface area contributed by atoms with Crippen LogP contribution in [0.3, 0.4) is 0 Å². The molecular weight excluding hydrogens is 431 g/mol. The maximum atomic E-state index is 14.1. The largest absolute Gasteiger partial charge is 0.496 e. The predicted molar refractivity (Wildman–Crippen MR) is 135 cm³/mol. The van der Waals surface area contributed by atoms with Gasteiger partial charge in [-0.25, -0.2) is 4.39 Å². The molecule has 6 heteroatoms. The van der Waals surface area contributed by atoms with Gasteiger partial charge in [0, 0.05) is 48.6 Å². The van der Waals surface area contributed by atoms with Crippen LogP contribution in [-0.2, 0) is 0 Å². The lowest BCUT2D eigenvalue weighted by Gasteiger charge is -2.15. The third kappa shape index (κ3) is 4.91. The Morgan fingerprint density at radius 3 is 2.76 bits per heavy atom. The van der Waals surface area contributed by atoms with Gasteiger partial charge in [0.2, 0.25) is 0 Å². The SMILES string of the molecule is C=C(C)N(C)/C=C(\CC)c1cc2c(OCC3=CCC(c4ccccc4F)=N3)cc(OC)cc2o1. The Morgan fingerprint density at radius 1 is 1.26 bits per heavy atom. The normalized spacial score (nSPS) is 13.6. The highest BCUT2D eigenvalue weighted by Gasteiger charge is 2.17. The Balaban J connectivity index is 1.60. The van der Waals surface area contributed by atoms with Crippen molar-refractivity contribution < 1.29 is 18.3 Å². The molecule has 0 radical (unpaired) electrons. The predicted octanol–water partition coefficient (Wildman–Crippen LogP) is 6.95. The van der Waals surface area contributed by atoms with E-state index in [9.17, 15) is 4.39 Å². The summed E-state index contributed by atoms with van der Waals surface area (Å²) in [5.41, 5.74) is 4.65. The molecule has 0 unspecified atom stereocenters. The zero-order valence-electron chi connectivity index (χ0n) is 20.0. The molecule has 0 saturated carbocycles. The number of ether oxygens (including phenoxy) is 2. The Kier molecular flexibility index (Phi) is 6.87. The molecule has 0 bridgehead atoms. The molecule has 5 nitrogen and oxygen atoms in total. The topological polar surface area (TPSA) is 47.2 Å². The first-order valence-corrected chi connectivity index (χ1v) is 11.2. The number of allylic oxidation sites excluding steroid dienone is 3. The lowest BCUT2D eigenvalue weighted by molar-refractivity contribution is 0.350. The zero-order valence-corrected chi connectivity index (χ0v) is 20.0. The van der Waals surface area contributed by atoms with Crippen LogP contribution >= 0.6 is 0 Å². The van der Waals surface area contributed by atoms with Gasteiger partial charge in [-0.3, -0.25) is 4.99 Å². The summed E-state index contributed by atoms with van der Waals surface area (Å²) in [6, 6.07) is 12.4. The van der Waals surface area contributed by atoms with E-state index < -0.39 is 0 Å². The number of methoxy groups -OCH3 is 1. The second kappa shape index (κ2) is 10.00. The molecular formula is C28H29FN2O3. The van der Waals surface area contributed by atoms with Crippen molar-refractivity contribution in [2.24, 2.45) is 4.99 Å². The standard InChI is InChI=1S/C28H29FN2O3/c1-6-19(16-31(4)18(2)3)26-15-23-27(13-21(32-5)14-28(23)34-26)33-17-20-11-12-25(30-20)22-9-7-8-10-24(22)29/h7-11,13-16H,2,6,12,17H2,1,3-5H3/b19-16+. The van der Waals surface area contributed by atoms with Crippen molar-refractivity contribution in [3.8, 4) is 11.5 Å². The van der Waals surface area contributed by atoms with E-state index in [1.54, 1.807) is 19.2 Å². The number of fused-ring (bicyclic) bond motifs is 1. The lowest BCUT2D eigenvalue weighted by Crippen LogP contribution is -2.07. The number of furan rings is 1. The number of benzene rings is 2. The van der Waals surface area contributed by atoms with Crippen LogP contribution in [0, 0.1) is 5.82 Å². The van der Waals surface area contributed by atoms with Gasteiger partial charge in [-0.2, -0.15) is 0 Å². The summed E-state index contributed by atoms with van der Waals surface area (Å²) in [5, 5.41) is 0.852. The molecule has 1 aliphatic heterocycles. The smallest absolute Gasteiger partial charge is 0.142 e. The van der Waals surface area contributed by atoms with Gasteiger partial charge in [0.25, 0.3) is 0 Å². The minimum atomic E-state index is -0.269. The highest BCUT2D eigenvalue weighted by atomic mass is 19.1. The van der Waals surface area contributed by atoms with Crippen LogP contribution in [-0.4, -0.2) is 31.4 Å². The van der Waals surface area contributed by atoms with Gasteiger partial charge in [0.15, 0.2) is 0 Å². The Bertz CT molecular complexity index is 1320. The summed E-state index contributed by atoms with van der Waals surface area (Å²) in [6.07, 6.45) is 5.36. The van der Waals surface area contributed by atoms with Crippen molar-refractivity contribution in [2.75, 3.05) is 20.8 Å². The summed E-state index contributed by atoms with van der Waals surface area (Å²) in [4.78, 5) is 6.56. The summed E-state index contributed by atoms with van der Waals surface area (Å²) in [7, 11) is 3.57. The van der Waals surface area contributed by atoms with Crippen LogP contribution in [0.25, 0.3) is 16.5 Å². The number of halogens is 1. The average molecular weight is 461 g/mol. The van der Waals surface area contributed by atoms with Gasteiger partial charge < -0.3 is 18.8 Å². The molecule has 0 N–H and O–H groups in total. The Morgan fingerprint density at radius 2 is 2.06 bits per heavy atom. The van der Waals surface area contributed by atoms with Crippen molar-refractivity contribution in [2.45, 2.75) is 26.7 Å². The maximum Gasteiger partial charge on any atom is 0.142 e. The fraction of sp³-hybridized carbons (Fsp3) is 0.250. The van der Waals surface area contributed by atoms with E-state index in [1.807, 2.05) is 55.4 Å². The third-order valence-electron chi connectivity index (χ3n) is 5.83. The van der Waals surface area contributed by atoms with Crippen LogP contribution in [0.4, 0.5) is 4.39 Å². The van der Waals surface area contributed by atoms with Crippen LogP contribution in [0.5, 0.6) is 11.5 Å². The van der Waals surface area contributed by atoms with E-state index >= 15 is 0 Å². The first kappa shape index (κ1) is 23.4. The molecule has 0 aliphatic carbocycles. The summed E-state index contributed by atoms with van der Waals surface area (Å²) < 4.78 is 31.9. The first-order chi connectivity index (χ1) is 16.4. The number of rotatable bonds is 9. The first-order valence-electron chi connectivity index (χ1n) is 11.2. The van der Waals surface area contributed by atoms with Crippen molar-refractivity contribution in [3.05, 3.63) is 89.9 Å². The van der Waals surface area contributed by atoms with E-state index in [0.29, 0.717) is 34.8 Å². The van der Waals surface area contributed by atoms with Gasteiger partial charge in [-0.1, -0.05) is 37.8 Å². The molecule has 2 heterocycles. The average Bonchev–Trinajstić information content (AvgIpc) is 3.48. The molecule has 0 amide bonds. The molecule has 3 aromatic rings. The highest BCUT2D eigenvalue weighted by Crippen LogP contribution is 2.36. The van der Waals surface area contributed by atoms with Crippen molar-refractivity contribution in [1.82, 2.24) is 4.90 Å². The molecule has 2 aromatic carbocycles. The fourth-order valence-corrected chi connectivity index (χ4v) is 3.74. The van der Waals surface area contributed by atoms with Crippen LogP contribution < -0.4 is 9.47 Å². The summed E-state index contributed by atoms with van der Waals surface area (Å²) >= 11 is 0. The van der Waals surface area contributed by atoms with E-state index in [0.717, 1.165) is 34.5 Å². The summed E-state index contributed by atoms with van der Waals surface area (Å²) in [5.74, 6) is 1.78. The number of aliphatic imine (C=N–C) groups is 1. The van der Waals surface area contributed by atoms with E-state index in [4.69, 9.17) is 13.9 Å². The van der Waals surface area contributed by atoms with E-state index in [-0.39, 0.29) is 12.4 Å². The van der Waals surface area contributed by atoms with Crippen LogP contribution in [0.15, 0.2) is 82.1 Å². The van der Waals surface area contributed by atoms with E-state index in [2.05, 4.69) is 18.5 Å². The van der Waals surface area contributed by atoms with Gasteiger partial charge in [-0.15, -0.1) is 0 Å². The van der Waals surface area contributed by atoms with Crippen molar-refractivity contribution in [1.29, 1.82) is 0 Å².